The first-order chi connectivity index (χ1) is 14.1. The lowest BCUT2D eigenvalue weighted by atomic mass is 9.62. The van der Waals surface area contributed by atoms with Crippen molar-refractivity contribution in [3.05, 3.63) is 34.9 Å². The number of hydrogen-bond donors (Lipinski definition) is 2. The summed E-state index contributed by atoms with van der Waals surface area (Å²) in [5.41, 5.74) is 4.08. The maximum atomic E-state index is 10.2. The predicted octanol–water partition coefficient (Wildman–Crippen LogP) is 6.84. The third-order valence-electron chi connectivity index (χ3n) is 9.21. The molecule has 2 nitrogen and oxygen atoms in total. The van der Waals surface area contributed by atoms with E-state index in [0.717, 1.165) is 34.8 Å². The van der Waals surface area contributed by atoms with E-state index in [1.165, 1.54) is 44.1 Å². The van der Waals surface area contributed by atoms with Crippen LogP contribution in [0.1, 0.15) is 92.9 Å². The topological polar surface area (TPSA) is 40.5 Å². The largest absolute Gasteiger partial charge is 0.393 e. The number of aliphatic hydroxyl groups is 2. The lowest BCUT2D eigenvalue weighted by molar-refractivity contribution is 0.0878. The molecular formula is C28H46O2. The first kappa shape index (κ1) is 23.8. The van der Waals surface area contributed by atoms with E-state index in [1.807, 2.05) is 6.92 Å². The molecule has 1 fully saturated rings. The number of hydrogen-bond acceptors (Lipinski definition) is 2. The van der Waals surface area contributed by atoms with Crippen LogP contribution in [0, 0.1) is 35.0 Å². The van der Waals surface area contributed by atoms with Gasteiger partial charge in [-0.05, 0) is 90.8 Å². The van der Waals surface area contributed by atoms with Gasteiger partial charge < -0.3 is 10.2 Å². The van der Waals surface area contributed by atoms with Crippen LogP contribution >= 0.6 is 0 Å². The maximum Gasteiger partial charge on any atom is 0.0777 e. The Kier molecular flexibility index (Phi) is 7.72. The Bertz CT molecular complexity index is 685. The lowest BCUT2D eigenvalue weighted by Crippen LogP contribution is -2.35. The number of fused-ring (bicyclic) bond motifs is 1. The van der Waals surface area contributed by atoms with Crippen molar-refractivity contribution in [2.45, 2.75) is 105 Å². The van der Waals surface area contributed by atoms with Gasteiger partial charge in [0.2, 0.25) is 0 Å². The van der Waals surface area contributed by atoms with E-state index < -0.39 is 12.2 Å². The molecule has 0 spiro atoms. The van der Waals surface area contributed by atoms with Gasteiger partial charge in [-0.2, -0.15) is 0 Å². The van der Waals surface area contributed by atoms with Gasteiger partial charge in [0.05, 0.1) is 12.2 Å². The van der Waals surface area contributed by atoms with Gasteiger partial charge >= 0.3 is 0 Å². The molecule has 7 atom stereocenters. The SMILES string of the molecule is CC1=C(/C=C/C2=CCCC3(C)C2CCC3C(C)CCC(C)C(C)C)C[C@@H](O)C[C@@H]1O. The van der Waals surface area contributed by atoms with E-state index in [1.54, 1.807) is 0 Å². The molecule has 2 N–H and O–H groups in total. The van der Waals surface area contributed by atoms with Crippen LogP contribution in [-0.2, 0) is 0 Å². The summed E-state index contributed by atoms with van der Waals surface area (Å²) in [6.07, 6.45) is 15.1. The van der Waals surface area contributed by atoms with Crippen molar-refractivity contribution in [3.63, 3.8) is 0 Å². The zero-order valence-corrected chi connectivity index (χ0v) is 20.3. The third kappa shape index (κ3) is 4.96. The van der Waals surface area contributed by atoms with Gasteiger partial charge in [0.1, 0.15) is 0 Å². The zero-order chi connectivity index (χ0) is 22.1. The highest BCUT2D eigenvalue weighted by Crippen LogP contribution is 2.59. The molecule has 3 aliphatic rings. The summed E-state index contributed by atoms with van der Waals surface area (Å²) in [7, 11) is 0. The fraction of sp³-hybridized carbons (Fsp3) is 0.786. The van der Waals surface area contributed by atoms with Crippen molar-refractivity contribution in [2.24, 2.45) is 35.0 Å². The summed E-state index contributed by atoms with van der Waals surface area (Å²) in [4.78, 5) is 0. The molecular weight excluding hydrogens is 368 g/mol. The van der Waals surface area contributed by atoms with Crippen LogP contribution in [0.3, 0.4) is 0 Å². The summed E-state index contributed by atoms with van der Waals surface area (Å²) in [5.74, 6) is 3.90. The molecule has 170 valence electrons. The number of allylic oxidation sites excluding steroid dienone is 4. The Hall–Kier alpha value is -0.860. The van der Waals surface area contributed by atoms with Gasteiger partial charge in [-0.1, -0.05) is 65.7 Å². The molecule has 5 unspecified atom stereocenters. The Morgan fingerprint density at radius 2 is 1.83 bits per heavy atom. The maximum absolute atomic E-state index is 10.2. The highest BCUT2D eigenvalue weighted by atomic mass is 16.3. The van der Waals surface area contributed by atoms with E-state index in [0.29, 0.717) is 24.2 Å². The van der Waals surface area contributed by atoms with Gasteiger partial charge in [0.15, 0.2) is 0 Å². The molecule has 0 aliphatic heterocycles. The quantitative estimate of drug-likeness (QED) is 0.479. The second-order valence-corrected chi connectivity index (χ2v) is 11.4. The highest BCUT2D eigenvalue weighted by Gasteiger charge is 2.49. The van der Waals surface area contributed by atoms with Gasteiger partial charge in [0, 0.05) is 6.42 Å². The van der Waals surface area contributed by atoms with Crippen molar-refractivity contribution in [3.8, 4) is 0 Å². The first-order valence-corrected chi connectivity index (χ1v) is 12.6. The Labute approximate surface area is 185 Å². The molecule has 1 saturated carbocycles. The van der Waals surface area contributed by atoms with E-state index in [9.17, 15) is 10.2 Å². The molecule has 3 rings (SSSR count). The van der Waals surface area contributed by atoms with Crippen LogP contribution in [0.4, 0.5) is 0 Å². The number of aliphatic hydroxyl groups excluding tert-OH is 2. The minimum atomic E-state index is -0.496. The molecule has 0 aromatic rings. The fourth-order valence-corrected chi connectivity index (χ4v) is 6.59. The molecule has 2 heteroatoms. The van der Waals surface area contributed by atoms with Crippen molar-refractivity contribution < 1.29 is 10.2 Å². The van der Waals surface area contributed by atoms with Crippen LogP contribution in [0.5, 0.6) is 0 Å². The normalized spacial score (nSPS) is 36.9. The van der Waals surface area contributed by atoms with Crippen LogP contribution in [0.15, 0.2) is 34.9 Å². The molecule has 0 amide bonds. The molecule has 0 bridgehead atoms. The lowest BCUT2D eigenvalue weighted by Gasteiger charge is -2.43. The molecule has 0 heterocycles. The van der Waals surface area contributed by atoms with E-state index >= 15 is 0 Å². The van der Waals surface area contributed by atoms with Crippen molar-refractivity contribution in [1.82, 2.24) is 0 Å². The van der Waals surface area contributed by atoms with Crippen molar-refractivity contribution in [2.75, 3.05) is 0 Å². The predicted molar refractivity (Wildman–Crippen MR) is 127 cm³/mol. The van der Waals surface area contributed by atoms with Crippen LogP contribution in [0.25, 0.3) is 0 Å². The molecule has 0 aromatic carbocycles. The number of rotatable bonds is 7. The van der Waals surface area contributed by atoms with Crippen LogP contribution in [-0.4, -0.2) is 22.4 Å². The van der Waals surface area contributed by atoms with Crippen LogP contribution in [0.2, 0.25) is 0 Å². The Balaban J connectivity index is 1.70. The second kappa shape index (κ2) is 9.74. The first-order valence-electron chi connectivity index (χ1n) is 12.6. The third-order valence-corrected chi connectivity index (χ3v) is 9.21. The average molecular weight is 415 g/mol. The van der Waals surface area contributed by atoms with E-state index in [2.05, 4.69) is 52.8 Å². The van der Waals surface area contributed by atoms with Gasteiger partial charge in [-0.25, -0.2) is 0 Å². The van der Waals surface area contributed by atoms with E-state index in [-0.39, 0.29) is 0 Å². The molecule has 30 heavy (non-hydrogen) atoms. The second-order valence-electron chi connectivity index (χ2n) is 11.4. The van der Waals surface area contributed by atoms with Crippen LogP contribution < -0.4 is 0 Å². The summed E-state index contributed by atoms with van der Waals surface area (Å²) in [6, 6.07) is 0. The summed E-state index contributed by atoms with van der Waals surface area (Å²) >= 11 is 0. The minimum absolute atomic E-state index is 0.418. The average Bonchev–Trinajstić information content (AvgIpc) is 3.04. The van der Waals surface area contributed by atoms with Gasteiger partial charge in [-0.15, -0.1) is 0 Å². The minimum Gasteiger partial charge on any atom is -0.393 e. The van der Waals surface area contributed by atoms with Crippen molar-refractivity contribution >= 4 is 0 Å². The van der Waals surface area contributed by atoms with Crippen molar-refractivity contribution in [1.29, 1.82) is 0 Å². The van der Waals surface area contributed by atoms with Gasteiger partial charge in [0.25, 0.3) is 0 Å². The summed E-state index contributed by atoms with van der Waals surface area (Å²) in [6.45, 7) is 14.2. The molecule has 0 aromatic heterocycles. The smallest absolute Gasteiger partial charge is 0.0777 e. The summed E-state index contributed by atoms with van der Waals surface area (Å²) < 4.78 is 0. The fourth-order valence-electron chi connectivity index (χ4n) is 6.59. The molecule has 0 radical (unpaired) electrons. The Morgan fingerprint density at radius 1 is 1.10 bits per heavy atom. The highest BCUT2D eigenvalue weighted by molar-refractivity contribution is 5.37. The van der Waals surface area contributed by atoms with E-state index in [4.69, 9.17) is 0 Å². The zero-order valence-electron chi connectivity index (χ0n) is 20.3. The standard InChI is InChI=1S/C28H46O2/c1-18(2)19(3)9-10-20(4)25-13-14-26-22(8-7-15-28(25,26)6)11-12-23-16-24(29)17-27(30)21(23)5/h8,11-12,18-20,24-27,29-30H,7,9-10,13-17H2,1-6H3/b12-11+/t19?,20?,24-,25?,26?,27+,28?/m1/s1. The van der Waals surface area contributed by atoms with Gasteiger partial charge in [-0.3, -0.25) is 0 Å². The monoisotopic (exact) mass is 414 g/mol. The molecule has 0 saturated heterocycles. The molecule has 3 aliphatic carbocycles. The summed E-state index contributed by atoms with van der Waals surface area (Å²) in [5, 5.41) is 20.3. The Morgan fingerprint density at radius 3 is 2.53 bits per heavy atom.